The van der Waals surface area contributed by atoms with Crippen molar-refractivity contribution in [1.82, 2.24) is 0 Å². The van der Waals surface area contributed by atoms with E-state index in [2.05, 4.69) is 90.1 Å². The summed E-state index contributed by atoms with van der Waals surface area (Å²) >= 11 is 0. The molecule has 192 valence electrons. The third kappa shape index (κ3) is 4.56. The number of hydrogen-bond acceptors (Lipinski definition) is 3. The van der Waals surface area contributed by atoms with Crippen LogP contribution in [0.15, 0.2) is 109 Å². The van der Waals surface area contributed by atoms with E-state index < -0.39 is 16.6 Å². The minimum Gasteiger partial charge on any atom is -0.508 e. The number of hydrogen-bond donors (Lipinski definition) is 2. The highest BCUT2D eigenvalue weighted by Crippen LogP contribution is 2.46. The molecule has 2 atom stereocenters. The van der Waals surface area contributed by atoms with Crippen molar-refractivity contribution in [3.63, 3.8) is 0 Å². The Morgan fingerprint density at radius 3 is 1.05 bits per heavy atom. The average Bonchev–Trinajstić information content (AvgIpc) is 2.86. The summed E-state index contributed by atoms with van der Waals surface area (Å²) in [5.74, 6) is 0.491. The molecule has 0 amide bonds. The summed E-state index contributed by atoms with van der Waals surface area (Å²) in [4.78, 5) is 0. The fourth-order valence-corrected chi connectivity index (χ4v) is 18.6. The number of rotatable bonds is 6. The van der Waals surface area contributed by atoms with Gasteiger partial charge >= 0.3 is 0 Å². The molecule has 0 spiro atoms. The highest BCUT2D eigenvalue weighted by atomic mass is 28.4. The molecule has 5 heteroatoms. The van der Waals surface area contributed by atoms with Crippen LogP contribution in [-0.4, -0.2) is 26.8 Å². The smallest absolute Gasteiger partial charge is 0.254 e. The van der Waals surface area contributed by atoms with E-state index in [0.29, 0.717) is 0 Å². The summed E-state index contributed by atoms with van der Waals surface area (Å²) in [5.41, 5.74) is 0. The Morgan fingerprint density at radius 1 is 0.459 bits per heavy atom. The van der Waals surface area contributed by atoms with E-state index in [1.807, 2.05) is 48.5 Å². The number of para-hydroxylation sites is 2. The van der Waals surface area contributed by atoms with Crippen LogP contribution in [0.2, 0.25) is 10.1 Å². The van der Waals surface area contributed by atoms with Gasteiger partial charge in [-0.15, -0.1) is 0 Å². The lowest BCUT2D eigenvalue weighted by molar-refractivity contribution is 0.453. The lowest BCUT2D eigenvalue weighted by Gasteiger charge is -2.53. The fourth-order valence-electron chi connectivity index (χ4n) is 5.64. The SMILES string of the molecule is CC(C)(C)[Si](O[Si](c1ccccc1)(c1ccccc1O)C(C)(C)C)(c1ccccc1)c1ccccc1O. The zero-order chi connectivity index (χ0) is 26.9. The summed E-state index contributed by atoms with van der Waals surface area (Å²) in [7, 11) is -6.45. The second-order valence-electron chi connectivity index (χ2n) is 11.7. The van der Waals surface area contributed by atoms with E-state index in [1.165, 1.54) is 0 Å². The van der Waals surface area contributed by atoms with Gasteiger partial charge in [-0.25, -0.2) is 0 Å². The molecule has 0 heterocycles. The van der Waals surface area contributed by atoms with Gasteiger partial charge in [-0.3, -0.25) is 0 Å². The van der Waals surface area contributed by atoms with Crippen LogP contribution in [0, 0.1) is 0 Å². The topological polar surface area (TPSA) is 49.7 Å². The molecule has 2 unspecified atom stereocenters. The van der Waals surface area contributed by atoms with Gasteiger partial charge in [0.1, 0.15) is 11.5 Å². The molecule has 3 nitrogen and oxygen atoms in total. The molecule has 0 aromatic heterocycles. The van der Waals surface area contributed by atoms with Crippen LogP contribution in [0.3, 0.4) is 0 Å². The van der Waals surface area contributed by atoms with Gasteiger partial charge in [0.2, 0.25) is 0 Å². The van der Waals surface area contributed by atoms with E-state index >= 15 is 0 Å². The summed E-state index contributed by atoms with van der Waals surface area (Å²) in [6.07, 6.45) is 0. The third-order valence-electron chi connectivity index (χ3n) is 7.35. The standard InChI is InChI=1S/C32H38O3Si2/c1-31(2,3)36(25-17-9-7-10-18-25,29-23-15-13-21-27(29)33)35-37(32(4,5)6,26-19-11-8-12-20-26)30-24-16-14-22-28(30)34/h7-24,33-34H,1-6H3. The van der Waals surface area contributed by atoms with Crippen LogP contribution in [-0.2, 0) is 4.12 Å². The Hall–Kier alpha value is -3.13. The van der Waals surface area contributed by atoms with Gasteiger partial charge in [0.05, 0.1) is 0 Å². The molecule has 4 aromatic carbocycles. The van der Waals surface area contributed by atoms with Gasteiger partial charge in [-0.05, 0) is 32.6 Å². The van der Waals surface area contributed by atoms with Crippen molar-refractivity contribution >= 4 is 37.4 Å². The molecule has 0 aliphatic rings. The van der Waals surface area contributed by atoms with Gasteiger partial charge in [-0.2, -0.15) is 0 Å². The molecule has 0 saturated heterocycles. The van der Waals surface area contributed by atoms with E-state index in [4.69, 9.17) is 4.12 Å². The lowest BCUT2D eigenvalue weighted by Crippen LogP contribution is -2.78. The number of benzene rings is 4. The summed E-state index contributed by atoms with van der Waals surface area (Å²) in [6, 6.07) is 36.1. The van der Waals surface area contributed by atoms with Gasteiger partial charge in [0.25, 0.3) is 16.6 Å². The fraction of sp³-hybridized carbons (Fsp3) is 0.250. The Bertz CT molecular complexity index is 1240. The number of phenolic OH excluding ortho intramolecular Hbond substituents is 2. The second-order valence-corrected chi connectivity index (χ2v) is 20.5. The van der Waals surface area contributed by atoms with E-state index in [0.717, 1.165) is 20.7 Å². The first kappa shape index (κ1) is 26.9. The summed E-state index contributed by atoms with van der Waals surface area (Å²) in [5, 5.41) is 26.0. The van der Waals surface area contributed by atoms with Crippen molar-refractivity contribution in [2.75, 3.05) is 0 Å². The van der Waals surface area contributed by atoms with Gasteiger partial charge < -0.3 is 14.3 Å². The quantitative estimate of drug-likeness (QED) is 0.325. The molecule has 37 heavy (non-hydrogen) atoms. The molecule has 2 N–H and O–H groups in total. The maximum atomic E-state index is 11.4. The molecule has 0 saturated carbocycles. The van der Waals surface area contributed by atoms with Crippen molar-refractivity contribution in [3.05, 3.63) is 109 Å². The molecule has 0 radical (unpaired) electrons. The largest absolute Gasteiger partial charge is 0.508 e. The molecule has 4 aromatic rings. The summed E-state index contributed by atoms with van der Waals surface area (Å²) < 4.78 is 8.02. The number of phenols is 2. The maximum Gasteiger partial charge on any atom is 0.254 e. The minimum absolute atomic E-state index is 0.245. The molecule has 0 bridgehead atoms. The van der Waals surface area contributed by atoms with Crippen LogP contribution in [0.5, 0.6) is 11.5 Å². The maximum absolute atomic E-state index is 11.4. The first-order valence-electron chi connectivity index (χ1n) is 12.8. The molecule has 0 fully saturated rings. The molecule has 4 rings (SSSR count). The predicted octanol–water partition coefficient (Wildman–Crippen LogP) is 5.53. The average molecular weight is 527 g/mol. The van der Waals surface area contributed by atoms with Crippen LogP contribution in [0.25, 0.3) is 0 Å². The Balaban J connectivity index is 2.21. The Morgan fingerprint density at radius 2 is 0.757 bits per heavy atom. The van der Waals surface area contributed by atoms with E-state index in [-0.39, 0.29) is 21.6 Å². The normalized spacial score (nSPS) is 15.5. The van der Waals surface area contributed by atoms with Gasteiger partial charge in [0.15, 0.2) is 0 Å². The molecule has 0 aliphatic carbocycles. The lowest BCUT2D eigenvalue weighted by atomic mass is 10.2. The van der Waals surface area contributed by atoms with Crippen LogP contribution in [0.1, 0.15) is 41.5 Å². The van der Waals surface area contributed by atoms with Crippen molar-refractivity contribution < 1.29 is 14.3 Å². The predicted molar refractivity (Wildman–Crippen MR) is 160 cm³/mol. The van der Waals surface area contributed by atoms with Crippen LogP contribution < -0.4 is 20.7 Å². The van der Waals surface area contributed by atoms with Crippen molar-refractivity contribution in [3.8, 4) is 11.5 Å². The highest BCUT2D eigenvalue weighted by Gasteiger charge is 2.61. The Kier molecular flexibility index (Phi) is 7.26. The first-order chi connectivity index (χ1) is 17.4. The molecular formula is C32H38O3Si2. The minimum atomic E-state index is -3.23. The molecule has 0 aliphatic heterocycles. The second kappa shape index (κ2) is 9.97. The monoisotopic (exact) mass is 526 g/mol. The van der Waals surface area contributed by atoms with Gasteiger partial charge in [-0.1, -0.05) is 139 Å². The Labute approximate surface area is 223 Å². The van der Waals surface area contributed by atoms with Crippen LogP contribution >= 0.6 is 0 Å². The number of aromatic hydroxyl groups is 2. The van der Waals surface area contributed by atoms with Crippen LogP contribution in [0.4, 0.5) is 0 Å². The summed E-state index contributed by atoms with van der Waals surface area (Å²) in [6.45, 7) is 13.3. The third-order valence-corrected chi connectivity index (χ3v) is 18.7. The molecular weight excluding hydrogens is 489 g/mol. The zero-order valence-corrected chi connectivity index (χ0v) is 24.7. The van der Waals surface area contributed by atoms with Crippen molar-refractivity contribution in [2.24, 2.45) is 0 Å². The van der Waals surface area contributed by atoms with E-state index in [1.54, 1.807) is 12.1 Å². The van der Waals surface area contributed by atoms with Crippen molar-refractivity contribution in [2.45, 2.75) is 51.6 Å². The zero-order valence-electron chi connectivity index (χ0n) is 22.7. The highest BCUT2D eigenvalue weighted by molar-refractivity contribution is 7.11. The first-order valence-corrected chi connectivity index (χ1v) is 16.6. The van der Waals surface area contributed by atoms with Gasteiger partial charge in [0, 0.05) is 10.4 Å². The van der Waals surface area contributed by atoms with E-state index in [9.17, 15) is 10.2 Å². The van der Waals surface area contributed by atoms with Crippen molar-refractivity contribution in [1.29, 1.82) is 0 Å².